The predicted molar refractivity (Wildman–Crippen MR) is 164 cm³/mol. The zero-order valence-electron chi connectivity index (χ0n) is 13.9. The molecule has 0 fully saturated rings. The number of carbonyl (C=O) groups is 2. The Balaban J connectivity index is -0.00000000350. The van der Waals surface area contributed by atoms with Crippen LogP contribution in [0.5, 0.6) is 0 Å². The van der Waals surface area contributed by atoms with Crippen molar-refractivity contribution in [2.75, 3.05) is 0 Å². The van der Waals surface area contributed by atoms with E-state index in [0.29, 0.717) is 6.47 Å². The predicted octanol–water partition coefficient (Wildman–Crippen LogP) is 9.18. The van der Waals surface area contributed by atoms with Gasteiger partial charge >= 0.3 is 12.3 Å². The summed E-state index contributed by atoms with van der Waals surface area (Å²) in [5.74, 6) is 0. The summed E-state index contributed by atoms with van der Waals surface area (Å²) in [6, 6.07) is 0. The van der Waals surface area contributed by atoms with Crippen LogP contribution in [-0.2, 0) is 94.7 Å². The van der Waals surface area contributed by atoms with Gasteiger partial charge in [0.2, 0.25) is 0 Å². The molecule has 0 heterocycles. The van der Waals surface area contributed by atoms with Gasteiger partial charge in [-0.3, -0.25) is 4.89 Å². The van der Waals surface area contributed by atoms with Crippen LogP contribution in [0.3, 0.4) is 0 Å². The molecule has 252 valence electrons. The molecule has 12 nitrogen and oxygen atoms in total. The number of rotatable bonds is 2. The van der Waals surface area contributed by atoms with E-state index in [1.807, 2.05) is 41.5 Å². The van der Waals surface area contributed by atoms with Crippen molar-refractivity contribution < 1.29 is 126 Å². The molecule has 7 N–H and O–H groups in total. The minimum Gasteiger partial charge on any atom is -0.494 e. The molecule has 0 saturated heterocycles. The molecule has 0 aliphatic heterocycles. The van der Waals surface area contributed by atoms with Crippen molar-refractivity contribution in [1.82, 2.24) is 0 Å². The van der Waals surface area contributed by atoms with Crippen LogP contribution in [0.2, 0.25) is 0 Å². The summed E-state index contributed by atoms with van der Waals surface area (Å²) < 4.78 is 0. The fourth-order valence-corrected chi connectivity index (χ4v) is 0.148. The van der Waals surface area contributed by atoms with E-state index < -0.39 is 12.3 Å². The van der Waals surface area contributed by atoms with E-state index in [4.69, 9.17) is 5.26 Å². The normalized spacial score (nSPS) is 3.00. The molecular weight excluding hydrogens is 646 g/mol. The first-order valence-electron chi connectivity index (χ1n) is 5.15. The molecule has 0 aliphatic carbocycles. The van der Waals surface area contributed by atoms with Crippen molar-refractivity contribution in [3.63, 3.8) is 0 Å². The Morgan fingerprint density at radius 3 is 0.838 bits per heavy atom. The average Bonchev–Trinajstić information content (AvgIpc) is 2.48. The third-order valence-electron chi connectivity index (χ3n) is 0.396. The number of hydrogen-bond acceptors (Lipinski definition) is 9. The standard InChI is InChI=1S/C3HO9.3C2H6.14CH4.3H2O.2Y/c4-1-8-10-3(6)12-11-2(5)9-7;3*1-2;;;;;;;;;;;;;;;;;;;/h7H;3*1-2H3;14*1H4;3*1H2;;/q-1;;;;;;;;;;;;;;;;;;;;;;. The summed E-state index contributed by atoms with van der Waals surface area (Å²) in [7, 11) is 0. The Bertz CT molecular complexity index is 207. The van der Waals surface area contributed by atoms with Crippen LogP contribution in [-0.4, -0.2) is 40.5 Å². The maximum Gasteiger partial charge on any atom is 0.589 e. The molecule has 2 radical (unpaired) electrons. The van der Waals surface area contributed by atoms with Crippen LogP contribution in [0.1, 0.15) is 146 Å². The summed E-state index contributed by atoms with van der Waals surface area (Å²) in [6.07, 6.45) is -3.37. The molecular formula is C23H81O12Y2-. The van der Waals surface area contributed by atoms with Gasteiger partial charge in [-0.25, -0.2) is 4.89 Å². The molecule has 0 atom stereocenters. The topological polar surface area (TPSA) is 212 Å². The van der Waals surface area contributed by atoms with E-state index in [-0.39, 0.29) is 186 Å². The van der Waals surface area contributed by atoms with Gasteiger partial charge in [0.15, 0.2) is 0 Å². The second-order valence-electron chi connectivity index (χ2n) is 1.01. The Labute approximate surface area is 288 Å². The summed E-state index contributed by atoms with van der Waals surface area (Å²) in [5, 5.41) is 7.52. The zero-order valence-corrected chi connectivity index (χ0v) is 19.5. The molecule has 0 unspecified atom stereocenters. The Hall–Kier alpha value is 0.0578. The Morgan fingerprint density at radius 1 is 0.486 bits per heavy atom. The second kappa shape index (κ2) is 305. The van der Waals surface area contributed by atoms with Crippen molar-refractivity contribution in [2.24, 2.45) is 0 Å². The molecule has 0 aromatic carbocycles. The second-order valence-corrected chi connectivity index (χ2v) is 1.01. The first kappa shape index (κ1) is 244. The van der Waals surface area contributed by atoms with Gasteiger partial charge in [0.25, 0.3) is 0 Å². The maximum atomic E-state index is 10.1. The quantitative estimate of drug-likeness (QED) is 0.163. The molecule has 0 spiro atoms. The van der Waals surface area contributed by atoms with Gasteiger partial charge in [-0.05, 0) is 6.47 Å². The monoisotopic (exact) mass is 727 g/mol. The van der Waals surface area contributed by atoms with Crippen molar-refractivity contribution in [2.45, 2.75) is 146 Å². The molecule has 14 heteroatoms. The molecule has 0 rings (SSSR count). The minimum atomic E-state index is -1.71. The Morgan fingerprint density at radius 2 is 0.676 bits per heavy atom. The van der Waals surface area contributed by atoms with Crippen molar-refractivity contribution in [3.05, 3.63) is 0 Å². The van der Waals surface area contributed by atoms with E-state index in [1.165, 1.54) is 0 Å². The molecule has 0 aliphatic rings. The van der Waals surface area contributed by atoms with Crippen LogP contribution < -0.4 is 0 Å². The van der Waals surface area contributed by atoms with Gasteiger partial charge in [-0.2, -0.15) is 24.6 Å². The first-order chi connectivity index (χ1) is 8.70. The third kappa shape index (κ3) is 342. The number of carbonyl (C=O) groups excluding carboxylic acids is 3. The molecule has 37 heavy (non-hydrogen) atoms. The summed E-state index contributed by atoms with van der Waals surface area (Å²) in [5.41, 5.74) is 0. The minimum absolute atomic E-state index is 0. The van der Waals surface area contributed by atoms with Crippen LogP contribution in [0, 0.1) is 0 Å². The van der Waals surface area contributed by atoms with Crippen molar-refractivity contribution >= 4 is 18.8 Å². The van der Waals surface area contributed by atoms with Gasteiger partial charge in [0, 0.05) is 65.4 Å². The van der Waals surface area contributed by atoms with Crippen molar-refractivity contribution in [3.8, 4) is 0 Å². The Kier molecular flexibility index (Phi) is 2010. The maximum absolute atomic E-state index is 10.1. The van der Waals surface area contributed by atoms with Gasteiger partial charge in [0.1, 0.15) is 0 Å². The van der Waals surface area contributed by atoms with E-state index in [1.54, 1.807) is 0 Å². The SMILES string of the molecule is C.C.C.C.C.C.C.C.C.C.C.C.C.C.CC.CC.CC.O.O.O.O=[C-]OOC(=O)OOC(=O)OO.[Y].[Y]. The number of hydrogen-bond donors (Lipinski definition) is 1. The fraction of sp³-hybridized carbons (Fsp3) is 0.870. The first-order valence-corrected chi connectivity index (χ1v) is 5.15. The van der Waals surface area contributed by atoms with Gasteiger partial charge in [0.05, 0.1) is 0 Å². The average molecular weight is 728 g/mol. The summed E-state index contributed by atoms with van der Waals surface area (Å²) in [6.45, 7) is 12.7. The van der Waals surface area contributed by atoms with Crippen LogP contribution >= 0.6 is 0 Å². The molecule has 0 aromatic rings. The van der Waals surface area contributed by atoms with E-state index >= 15 is 0 Å². The van der Waals surface area contributed by atoms with Gasteiger partial charge < -0.3 is 26.1 Å². The third-order valence-corrected chi connectivity index (χ3v) is 0.396. The zero-order chi connectivity index (χ0) is 15.4. The van der Waals surface area contributed by atoms with E-state index in [2.05, 4.69) is 24.4 Å². The summed E-state index contributed by atoms with van der Waals surface area (Å²) in [4.78, 5) is 45.5. The smallest absolute Gasteiger partial charge is 0.494 e. The van der Waals surface area contributed by atoms with Gasteiger partial charge in [-0.1, -0.05) is 146 Å². The van der Waals surface area contributed by atoms with Crippen LogP contribution in [0.4, 0.5) is 9.59 Å². The fourth-order valence-electron chi connectivity index (χ4n) is 0.148. The molecule has 0 aromatic heterocycles. The van der Waals surface area contributed by atoms with Crippen molar-refractivity contribution in [1.29, 1.82) is 0 Å². The van der Waals surface area contributed by atoms with E-state index in [0.717, 1.165) is 0 Å². The molecule has 0 saturated carbocycles. The molecule has 0 bridgehead atoms. The van der Waals surface area contributed by atoms with Gasteiger partial charge in [-0.15, -0.1) is 0 Å². The largest absolute Gasteiger partial charge is 0.589 e. The van der Waals surface area contributed by atoms with Crippen LogP contribution in [0.15, 0.2) is 0 Å². The van der Waals surface area contributed by atoms with Crippen LogP contribution in [0.25, 0.3) is 0 Å². The van der Waals surface area contributed by atoms with E-state index in [9.17, 15) is 14.4 Å². The molecule has 0 amide bonds. The summed E-state index contributed by atoms with van der Waals surface area (Å²) >= 11 is 0.